The number of anilines is 1. The highest BCUT2D eigenvalue weighted by atomic mass is 16.2. The molecule has 1 aromatic heterocycles. The van der Waals surface area contributed by atoms with Crippen LogP contribution >= 0.6 is 0 Å². The number of benzene rings is 1. The first kappa shape index (κ1) is 19.9. The molecule has 148 valence electrons. The summed E-state index contributed by atoms with van der Waals surface area (Å²) in [6.07, 6.45) is 1.70. The topological polar surface area (TPSA) is 56.8 Å². The van der Waals surface area contributed by atoms with Crippen LogP contribution in [-0.4, -0.2) is 58.8 Å². The van der Waals surface area contributed by atoms with E-state index in [4.69, 9.17) is 0 Å². The van der Waals surface area contributed by atoms with Crippen LogP contribution < -0.4 is 4.90 Å². The van der Waals surface area contributed by atoms with Gasteiger partial charge >= 0.3 is 0 Å². The SMILES string of the molecule is CC(C)N(Cc1ccccc1)C(=O)CC(=O)N1CCN(c2ccccn2)CC1. The van der Waals surface area contributed by atoms with Gasteiger partial charge in [-0.25, -0.2) is 4.98 Å². The van der Waals surface area contributed by atoms with E-state index < -0.39 is 0 Å². The number of aromatic nitrogens is 1. The predicted molar refractivity (Wildman–Crippen MR) is 110 cm³/mol. The maximum Gasteiger partial charge on any atom is 0.232 e. The summed E-state index contributed by atoms with van der Waals surface area (Å²) in [5.41, 5.74) is 1.07. The van der Waals surface area contributed by atoms with Crippen LogP contribution in [0, 0.1) is 0 Å². The van der Waals surface area contributed by atoms with Gasteiger partial charge in [0.2, 0.25) is 11.8 Å². The van der Waals surface area contributed by atoms with Crippen LogP contribution in [0.5, 0.6) is 0 Å². The van der Waals surface area contributed by atoms with Gasteiger partial charge in [0.05, 0.1) is 0 Å². The Kier molecular flexibility index (Phi) is 6.63. The highest BCUT2D eigenvalue weighted by Crippen LogP contribution is 2.15. The monoisotopic (exact) mass is 380 g/mol. The van der Waals surface area contributed by atoms with Gasteiger partial charge in [0.1, 0.15) is 12.2 Å². The fourth-order valence-electron chi connectivity index (χ4n) is 3.41. The Morgan fingerprint density at radius 3 is 2.29 bits per heavy atom. The molecule has 6 nitrogen and oxygen atoms in total. The Morgan fingerprint density at radius 2 is 1.68 bits per heavy atom. The molecule has 3 rings (SSSR count). The van der Waals surface area contributed by atoms with Crippen molar-refractivity contribution in [3.63, 3.8) is 0 Å². The van der Waals surface area contributed by atoms with Gasteiger partial charge in [-0.3, -0.25) is 9.59 Å². The van der Waals surface area contributed by atoms with Crippen molar-refractivity contribution in [2.24, 2.45) is 0 Å². The molecule has 2 amide bonds. The lowest BCUT2D eigenvalue weighted by Gasteiger charge is -2.36. The lowest BCUT2D eigenvalue weighted by molar-refractivity contribution is -0.142. The van der Waals surface area contributed by atoms with Crippen LogP contribution in [0.3, 0.4) is 0 Å². The third-order valence-corrected chi connectivity index (χ3v) is 5.05. The summed E-state index contributed by atoms with van der Waals surface area (Å²) < 4.78 is 0. The van der Waals surface area contributed by atoms with Gasteiger partial charge in [0.25, 0.3) is 0 Å². The fourth-order valence-corrected chi connectivity index (χ4v) is 3.41. The zero-order chi connectivity index (χ0) is 19.9. The van der Waals surface area contributed by atoms with Crippen LogP contribution in [0.4, 0.5) is 5.82 Å². The number of hydrogen-bond donors (Lipinski definition) is 0. The van der Waals surface area contributed by atoms with Crippen molar-refractivity contribution in [3.05, 3.63) is 60.3 Å². The lowest BCUT2D eigenvalue weighted by atomic mass is 10.1. The summed E-state index contributed by atoms with van der Waals surface area (Å²) in [4.78, 5) is 35.6. The molecule has 0 N–H and O–H groups in total. The van der Waals surface area contributed by atoms with Crippen molar-refractivity contribution in [2.75, 3.05) is 31.1 Å². The number of rotatable bonds is 6. The normalized spacial score (nSPS) is 14.2. The minimum absolute atomic E-state index is 0.0431. The van der Waals surface area contributed by atoms with Gasteiger partial charge in [-0.05, 0) is 31.5 Å². The molecule has 1 aliphatic heterocycles. The second-order valence-electron chi connectivity index (χ2n) is 7.33. The first-order valence-electron chi connectivity index (χ1n) is 9.81. The van der Waals surface area contributed by atoms with E-state index in [1.807, 2.05) is 62.4 Å². The Hall–Kier alpha value is -2.89. The van der Waals surface area contributed by atoms with Crippen molar-refractivity contribution in [3.8, 4) is 0 Å². The molecule has 1 aromatic carbocycles. The first-order chi connectivity index (χ1) is 13.5. The molecule has 0 atom stereocenters. The van der Waals surface area contributed by atoms with Crippen LogP contribution in [0.1, 0.15) is 25.8 Å². The molecule has 1 aliphatic rings. The van der Waals surface area contributed by atoms with E-state index in [1.165, 1.54) is 0 Å². The van der Waals surface area contributed by atoms with Crippen molar-refractivity contribution >= 4 is 17.6 Å². The average molecular weight is 380 g/mol. The Labute approximate surface area is 166 Å². The minimum Gasteiger partial charge on any atom is -0.353 e. The largest absolute Gasteiger partial charge is 0.353 e. The van der Waals surface area contributed by atoms with Gasteiger partial charge in [-0.2, -0.15) is 0 Å². The summed E-state index contributed by atoms with van der Waals surface area (Å²) in [6, 6.07) is 15.8. The van der Waals surface area contributed by atoms with E-state index in [2.05, 4.69) is 9.88 Å². The second kappa shape index (κ2) is 9.35. The Morgan fingerprint density at radius 1 is 1.00 bits per heavy atom. The van der Waals surface area contributed by atoms with Crippen LogP contribution in [0.25, 0.3) is 0 Å². The smallest absolute Gasteiger partial charge is 0.232 e. The van der Waals surface area contributed by atoms with Crippen molar-refractivity contribution in [2.45, 2.75) is 32.9 Å². The van der Waals surface area contributed by atoms with Crippen molar-refractivity contribution in [1.29, 1.82) is 0 Å². The van der Waals surface area contributed by atoms with E-state index in [9.17, 15) is 9.59 Å². The third kappa shape index (κ3) is 5.09. The van der Waals surface area contributed by atoms with Gasteiger partial charge in [0.15, 0.2) is 0 Å². The maximum atomic E-state index is 12.8. The average Bonchev–Trinajstić information content (AvgIpc) is 2.73. The third-order valence-electron chi connectivity index (χ3n) is 5.05. The molecule has 28 heavy (non-hydrogen) atoms. The molecule has 1 saturated heterocycles. The van der Waals surface area contributed by atoms with Crippen LogP contribution in [0.15, 0.2) is 54.7 Å². The maximum absolute atomic E-state index is 12.8. The summed E-state index contributed by atoms with van der Waals surface area (Å²) in [5, 5.41) is 0. The summed E-state index contributed by atoms with van der Waals surface area (Å²) in [6.45, 7) is 7.18. The van der Waals surface area contributed by atoms with Crippen LogP contribution in [0.2, 0.25) is 0 Å². The van der Waals surface area contributed by atoms with E-state index in [0.717, 1.165) is 24.5 Å². The quantitative estimate of drug-likeness (QED) is 0.723. The second-order valence-corrected chi connectivity index (χ2v) is 7.33. The Balaban J connectivity index is 1.54. The lowest BCUT2D eigenvalue weighted by Crippen LogP contribution is -2.50. The molecule has 0 aliphatic carbocycles. The number of carbonyl (C=O) groups is 2. The number of carbonyl (C=O) groups excluding carboxylic acids is 2. The molecule has 0 saturated carbocycles. The van der Waals surface area contributed by atoms with Gasteiger partial charge < -0.3 is 14.7 Å². The number of nitrogens with zero attached hydrogens (tertiary/aromatic N) is 4. The molecular weight excluding hydrogens is 352 g/mol. The summed E-state index contributed by atoms with van der Waals surface area (Å²) >= 11 is 0. The van der Waals surface area contributed by atoms with Gasteiger partial charge in [0, 0.05) is 45.0 Å². The van der Waals surface area contributed by atoms with Crippen molar-refractivity contribution in [1.82, 2.24) is 14.8 Å². The van der Waals surface area contributed by atoms with Gasteiger partial charge in [-0.1, -0.05) is 36.4 Å². The number of hydrogen-bond acceptors (Lipinski definition) is 4. The predicted octanol–water partition coefficient (Wildman–Crippen LogP) is 2.56. The van der Waals surface area contributed by atoms with E-state index in [-0.39, 0.29) is 24.3 Å². The fraction of sp³-hybridized carbons (Fsp3) is 0.409. The molecule has 0 radical (unpaired) electrons. The van der Waals surface area contributed by atoms with Crippen LogP contribution in [-0.2, 0) is 16.1 Å². The zero-order valence-electron chi connectivity index (χ0n) is 16.6. The molecule has 0 bridgehead atoms. The molecule has 0 unspecified atom stereocenters. The molecule has 2 heterocycles. The minimum atomic E-state index is -0.115. The highest BCUT2D eigenvalue weighted by Gasteiger charge is 2.26. The van der Waals surface area contributed by atoms with Crippen molar-refractivity contribution < 1.29 is 9.59 Å². The van der Waals surface area contributed by atoms with Gasteiger partial charge in [-0.15, -0.1) is 0 Å². The molecule has 2 aromatic rings. The van der Waals surface area contributed by atoms with E-state index in [0.29, 0.717) is 19.6 Å². The zero-order valence-corrected chi connectivity index (χ0v) is 16.6. The molecular formula is C22H28N4O2. The highest BCUT2D eigenvalue weighted by molar-refractivity contribution is 5.97. The summed E-state index contributed by atoms with van der Waals surface area (Å²) in [7, 11) is 0. The van der Waals surface area contributed by atoms with E-state index in [1.54, 1.807) is 16.0 Å². The molecule has 0 spiro atoms. The number of pyridine rings is 1. The van der Waals surface area contributed by atoms with E-state index >= 15 is 0 Å². The first-order valence-corrected chi connectivity index (χ1v) is 9.81. The summed E-state index contributed by atoms with van der Waals surface area (Å²) in [5.74, 6) is 0.722. The number of piperazine rings is 1. The number of amides is 2. The Bertz CT molecular complexity index is 772. The molecule has 6 heteroatoms. The standard InChI is InChI=1S/C22H28N4O2/c1-18(2)26(17-19-8-4-3-5-9-19)22(28)16-21(27)25-14-12-24(13-15-25)20-10-6-7-11-23-20/h3-11,18H,12-17H2,1-2H3. The molecule has 1 fully saturated rings.